The molecule has 7 nitrogen and oxygen atoms in total. The summed E-state index contributed by atoms with van der Waals surface area (Å²) in [6.45, 7) is 2.64. The van der Waals surface area contributed by atoms with E-state index in [0.717, 1.165) is 24.0 Å². The number of nitro groups is 1. The minimum absolute atomic E-state index is 0.0143. The fourth-order valence-corrected chi connectivity index (χ4v) is 5.35. The van der Waals surface area contributed by atoms with Crippen molar-refractivity contribution < 1.29 is 14.5 Å². The summed E-state index contributed by atoms with van der Waals surface area (Å²) in [6, 6.07) is 20.2. The van der Waals surface area contributed by atoms with Gasteiger partial charge in [-0.3, -0.25) is 19.7 Å². The fraction of sp³-hybridized carbons (Fsp3) is 0.310. The van der Waals surface area contributed by atoms with Crippen molar-refractivity contribution in [3.8, 4) is 0 Å². The average Bonchev–Trinajstić information content (AvgIpc) is 2.93. The van der Waals surface area contributed by atoms with Crippen molar-refractivity contribution in [2.24, 2.45) is 0 Å². The Hall–Kier alpha value is -3.07. The van der Waals surface area contributed by atoms with Crippen molar-refractivity contribution >= 4 is 52.5 Å². The molecule has 0 heterocycles. The molecule has 10 heteroatoms. The fourth-order valence-electron chi connectivity index (χ4n) is 3.97. The molecule has 0 radical (unpaired) electrons. The highest BCUT2D eigenvalue weighted by Crippen LogP contribution is 2.28. The van der Waals surface area contributed by atoms with E-state index >= 15 is 0 Å². The van der Waals surface area contributed by atoms with Crippen molar-refractivity contribution in [3.63, 3.8) is 0 Å². The number of amides is 2. The van der Waals surface area contributed by atoms with Crippen molar-refractivity contribution in [3.05, 3.63) is 110 Å². The van der Waals surface area contributed by atoms with Crippen molar-refractivity contribution in [2.45, 2.75) is 44.5 Å². The SMILES string of the molecule is CCCCNC(=O)[C@H](Cc1ccccc1)N(Cc1c(Cl)cccc1Cl)C(=O)CSCc1ccc([N+](=O)[O-])cc1. The maximum absolute atomic E-state index is 13.7. The van der Waals surface area contributed by atoms with Crippen LogP contribution in [-0.2, 0) is 28.3 Å². The Morgan fingerprint density at radius 3 is 2.26 bits per heavy atom. The highest BCUT2D eigenvalue weighted by molar-refractivity contribution is 7.99. The van der Waals surface area contributed by atoms with Gasteiger partial charge in [0.2, 0.25) is 11.8 Å². The molecule has 0 aromatic heterocycles. The number of rotatable bonds is 14. The predicted molar refractivity (Wildman–Crippen MR) is 158 cm³/mol. The molecule has 1 atom stereocenters. The molecule has 206 valence electrons. The maximum atomic E-state index is 13.7. The summed E-state index contributed by atoms with van der Waals surface area (Å²) in [5.41, 5.74) is 2.38. The lowest BCUT2D eigenvalue weighted by molar-refractivity contribution is -0.384. The Morgan fingerprint density at radius 2 is 1.64 bits per heavy atom. The normalized spacial score (nSPS) is 11.6. The van der Waals surface area contributed by atoms with Crippen LogP contribution < -0.4 is 5.32 Å². The first kappa shape index (κ1) is 30.5. The van der Waals surface area contributed by atoms with Crippen molar-refractivity contribution in [1.82, 2.24) is 10.2 Å². The van der Waals surface area contributed by atoms with Crippen LogP contribution in [0.1, 0.15) is 36.5 Å². The van der Waals surface area contributed by atoms with E-state index in [1.165, 1.54) is 23.9 Å². The average molecular weight is 589 g/mol. The van der Waals surface area contributed by atoms with Gasteiger partial charge < -0.3 is 10.2 Å². The molecule has 0 bridgehead atoms. The topological polar surface area (TPSA) is 92.6 Å². The molecule has 0 aliphatic carbocycles. The molecule has 0 unspecified atom stereocenters. The van der Waals surface area contributed by atoms with E-state index in [-0.39, 0.29) is 29.8 Å². The molecule has 0 aliphatic heterocycles. The van der Waals surface area contributed by atoms with E-state index in [1.807, 2.05) is 37.3 Å². The number of nitro benzene ring substituents is 1. The molecule has 0 fully saturated rings. The highest BCUT2D eigenvalue weighted by Gasteiger charge is 2.31. The molecule has 3 aromatic carbocycles. The Labute approximate surface area is 243 Å². The minimum Gasteiger partial charge on any atom is -0.354 e. The summed E-state index contributed by atoms with van der Waals surface area (Å²) in [5.74, 6) is 0.122. The second-order valence-corrected chi connectivity index (χ2v) is 10.8. The quantitative estimate of drug-likeness (QED) is 0.129. The summed E-state index contributed by atoms with van der Waals surface area (Å²) >= 11 is 14.3. The van der Waals surface area contributed by atoms with Crippen molar-refractivity contribution in [1.29, 1.82) is 0 Å². The maximum Gasteiger partial charge on any atom is 0.269 e. The summed E-state index contributed by atoms with van der Waals surface area (Å²) in [6.07, 6.45) is 2.10. The lowest BCUT2D eigenvalue weighted by Gasteiger charge is -2.32. The van der Waals surface area contributed by atoms with Crippen LogP contribution in [0, 0.1) is 10.1 Å². The van der Waals surface area contributed by atoms with Crippen LogP contribution in [0.4, 0.5) is 5.69 Å². The van der Waals surface area contributed by atoms with E-state index in [2.05, 4.69) is 5.32 Å². The number of unbranched alkanes of at least 4 members (excludes halogenated alkanes) is 1. The van der Waals surface area contributed by atoms with E-state index in [4.69, 9.17) is 23.2 Å². The van der Waals surface area contributed by atoms with Crippen molar-refractivity contribution in [2.75, 3.05) is 12.3 Å². The van der Waals surface area contributed by atoms with Gasteiger partial charge in [0.15, 0.2) is 0 Å². The number of nitrogens with one attached hydrogen (secondary N) is 1. The molecule has 1 N–H and O–H groups in total. The van der Waals surface area contributed by atoms with Gasteiger partial charge in [0.05, 0.1) is 10.7 Å². The third kappa shape index (κ3) is 9.27. The Morgan fingerprint density at radius 1 is 0.974 bits per heavy atom. The number of nitrogens with zero attached hydrogens (tertiary/aromatic N) is 2. The molecule has 2 amide bonds. The van der Waals surface area contributed by atoms with Gasteiger partial charge in [-0.05, 0) is 29.7 Å². The number of hydrogen-bond donors (Lipinski definition) is 1. The minimum atomic E-state index is -0.774. The molecule has 3 rings (SSSR count). The van der Waals surface area contributed by atoms with Crippen LogP contribution in [0.3, 0.4) is 0 Å². The van der Waals surface area contributed by atoms with E-state index < -0.39 is 11.0 Å². The number of non-ortho nitro benzene ring substituents is 1. The predicted octanol–water partition coefficient (Wildman–Crippen LogP) is 6.69. The summed E-state index contributed by atoms with van der Waals surface area (Å²) in [7, 11) is 0. The number of carbonyl (C=O) groups excluding carboxylic acids is 2. The van der Waals surface area contributed by atoms with Crippen LogP contribution in [-0.4, -0.2) is 40.0 Å². The second kappa shape index (κ2) is 15.5. The van der Waals surface area contributed by atoms with E-state index in [1.54, 1.807) is 35.2 Å². The first-order valence-electron chi connectivity index (χ1n) is 12.6. The van der Waals surface area contributed by atoms with E-state index in [0.29, 0.717) is 34.3 Å². The zero-order valence-corrected chi connectivity index (χ0v) is 24.0. The van der Waals surface area contributed by atoms with Crippen LogP contribution in [0.2, 0.25) is 10.0 Å². The molecule has 3 aromatic rings. The van der Waals surface area contributed by atoms with Gasteiger partial charge in [0, 0.05) is 53.0 Å². The zero-order chi connectivity index (χ0) is 28.2. The number of thioether (sulfide) groups is 1. The summed E-state index contributed by atoms with van der Waals surface area (Å²) in [5, 5.41) is 14.8. The van der Waals surface area contributed by atoms with Crippen LogP contribution >= 0.6 is 35.0 Å². The van der Waals surface area contributed by atoms with Gasteiger partial charge in [0.25, 0.3) is 5.69 Å². The Balaban J connectivity index is 1.85. The standard InChI is InChI=1S/C29H31Cl2N3O4S/c1-2-3-16-32-29(36)27(17-21-8-5-4-6-9-21)33(18-24-25(30)10-7-11-26(24)31)28(35)20-39-19-22-12-14-23(15-13-22)34(37)38/h4-15,27H,2-3,16-20H2,1H3,(H,32,36)/t27-/m0/s1. The number of carbonyl (C=O) groups is 2. The highest BCUT2D eigenvalue weighted by atomic mass is 35.5. The lowest BCUT2D eigenvalue weighted by Crippen LogP contribution is -2.51. The summed E-state index contributed by atoms with van der Waals surface area (Å²) < 4.78 is 0. The first-order valence-corrected chi connectivity index (χ1v) is 14.6. The summed E-state index contributed by atoms with van der Waals surface area (Å²) in [4.78, 5) is 39.2. The molecule has 39 heavy (non-hydrogen) atoms. The van der Waals surface area contributed by atoms with Gasteiger partial charge in [-0.15, -0.1) is 11.8 Å². The number of benzene rings is 3. The van der Waals surface area contributed by atoms with Gasteiger partial charge in [-0.2, -0.15) is 0 Å². The van der Waals surface area contributed by atoms with Gasteiger partial charge in [-0.25, -0.2) is 0 Å². The van der Waals surface area contributed by atoms with Gasteiger partial charge in [-0.1, -0.05) is 85.1 Å². The number of halogens is 2. The molecule has 0 spiro atoms. The van der Waals surface area contributed by atoms with Crippen LogP contribution in [0.25, 0.3) is 0 Å². The largest absolute Gasteiger partial charge is 0.354 e. The molecule has 0 saturated carbocycles. The first-order chi connectivity index (χ1) is 18.8. The third-order valence-corrected chi connectivity index (χ3v) is 7.83. The Bertz CT molecular complexity index is 1240. The van der Waals surface area contributed by atoms with Crippen LogP contribution in [0.15, 0.2) is 72.8 Å². The van der Waals surface area contributed by atoms with E-state index in [9.17, 15) is 19.7 Å². The second-order valence-electron chi connectivity index (χ2n) is 8.99. The van der Waals surface area contributed by atoms with Crippen LogP contribution in [0.5, 0.6) is 0 Å². The Kier molecular flexibility index (Phi) is 12.1. The zero-order valence-electron chi connectivity index (χ0n) is 21.6. The molecule has 0 saturated heterocycles. The molecular formula is C29H31Cl2N3O4S. The third-order valence-electron chi connectivity index (χ3n) is 6.13. The molecule has 0 aliphatic rings. The lowest BCUT2D eigenvalue weighted by atomic mass is 10.0. The van der Waals surface area contributed by atoms with Gasteiger partial charge >= 0.3 is 0 Å². The molecular weight excluding hydrogens is 557 g/mol. The smallest absolute Gasteiger partial charge is 0.269 e. The monoisotopic (exact) mass is 587 g/mol. The number of hydrogen-bond acceptors (Lipinski definition) is 5. The van der Waals surface area contributed by atoms with Gasteiger partial charge in [0.1, 0.15) is 6.04 Å².